The summed E-state index contributed by atoms with van der Waals surface area (Å²) in [6.45, 7) is 10.7. The fourth-order valence-electron chi connectivity index (χ4n) is 2.63. The molecule has 3 heteroatoms. The summed E-state index contributed by atoms with van der Waals surface area (Å²) in [5.41, 5.74) is 2.97. The van der Waals surface area contributed by atoms with Gasteiger partial charge < -0.3 is 0 Å². The number of halogens is 1. The molecule has 138 valence electrons. The normalized spacial score (nSPS) is 10.3. The first-order valence-corrected chi connectivity index (χ1v) is 11.2. The van der Waals surface area contributed by atoms with E-state index in [0.717, 1.165) is 29.9 Å². The zero-order chi connectivity index (χ0) is 18.7. The molecule has 2 rings (SSSR count). The lowest BCUT2D eigenvalue weighted by Gasteiger charge is -2.15. The standard InChI is InChI=1S/C20H25FS2.C2H6/c1-4-7-15-13-19(22-6-3)20(14-16(15)8-5-2)23-18-11-9-17(21)10-12-18;1-2/h9-14H,4-8H2,1-3H3;1-2H3. The van der Waals surface area contributed by atoms with Crippen LogP contribution in [0.2, 0.25) is 0 Å². The van der Waals surface area contributed by atoms with Gasteiger partial charge in [0.1, 0.15) is 5.82 Å². The maximum absolute atomic E-state index is 13.1. The summed E-state index contributed by atoms with van der Waals surface area (Å²) < 4.78 is 13.1. The Morgan fingerprint density at radius 3 is 1.80 bits per heavy atom. The molecule has 0 spiro atoms. The van der Waals surface area contributed by atoms with Crippen LogP contribution in [0.1, 0.15) is 58.6 Å². The Balaban J connectivity index is 0.00000151. The molecule has 0 radical (unpaired) electrons. The van der Waals surface area contributed by atoms with Crippen molar-refractivity contribution < 1.29 is 4.39 Å². The van der Waals surface area contributed by atoms with Crippen LogP contribution in [0.15, 0.2) is 51.1 Å². The van der Waals surface area contributed by atoms with Crippen molar-refractivity contribution in [1.82, 2.24) is 0 Å². The van der Waals surface area contributed by atoms with Crippen molar-refractivity contribution in [2.75, 3.05) is 5.75 Å². The van der Waals surface area contributed by atoms with Crippen LogP contribution >= 0.6 is 23.5 Å². The average molecular weight is 379 g/mol. The molecule has 0 bridgehead atoms. The van der Waals surface area contributed by atoms with Gasteiger partial charge in [0, 0.05) is 14.7 Å². The van der Waals surface area contributed by atoms with Crippen molar-refractivity contribution in [3.8, 4) is 0 Å². The van der Waals surface area contributed by atoms with Crippen LogP contribution in [0.5, 0.6) is 0 Å². The van der Waals surface area contributed by atoms with Gasteiger partial charge in [-0.3, -0.25) is 0 Å². The van der Waals surface area contributed by atoms with Gasteiger partial charge in [-0.1, -0.05) is 59.2 Å². The predicted octanol–water partition coefficient (Wildman–Crippen LogP) is 8.02. The minimum absolute atomic E-state index is 0.178. The number of hydrogen-bond donors (Lipinski definition) is 0. The Morgan fingerprint density at radius 2 is 1.32 bits per heavy atom. The van der Waals surface area contributed by atoms with Gasteiger partial charge >= 0.3 is 0 Å². The molecule has 0 saturated carbocycles. The molecule has 0 nitrogen and oxygen atoms in total. The molecule has 0 fully saturated rings. The molecule has 0 aliphatic rings. The zero-order valence-corrected chi connectivity index (χ0v) is 17.8. The Hall–Kier alpha value is -0.930. The summed E-state index contributed by atoms with van der Waals surface area (Å²) in [6, 6.07) is 11.5. The van der Waals surface area contributed by atoms with E-state index in [-0.39, 0.29) is 5.82 Å². The SMILES string of the molecule is CC.CCCc1cc(SCC)c(Sc2ccc(F)cc2)cc1CCC. The maximum atomic E-state index is 13.1. The summed E-state index contributed by atoms with van der Waals surface area (Å²) in [4.78, 5) is 3.74. The summed E-state index contributed by atoms with van der Waals surface area (Å²) >= 11 is 3.64. The topological polar surface area (TPSA) is 0 Å². The van der Waals surface area contributed by atoms with Crippen molar-refractivity contribution in [2.24, 2.45) is 0 Å². The lowest BCUT2D eigenvalue weighted by molar-refractivity contribution is 0.626. The number of thioether (sulfide) groups is 1. The molecule has 2 aromatic carbocycles. The Kier molecular flexibility index (Phi) is 11.0. The number of benzene rings is 2. The van der Waals surface area contributed by atoms with Crippen LogP contribution in [0.4, 0.5) is 4.39 Å². The third-order valence-electron chi connectivity index (χ3n) is 3.65. The molecule has 0 aliphatic heterocycles. The lowest BCUT2D eigenvalue weighted by atomic mass is 10.00. The van der Waals surface area contributed by atoms with Gasteiger partial charge in [0.05, 0.1) is 0 Å². The van der Waals surface area contributed by atoms with E-state index in [2.05, 4.69) is 32.9 Å². The minimum atomic E-state index is -0.178. The predicted molar refractivity (Wildman–Crippen MR) is 113 cm³/mol. The first-order chi connectivity index (χ1) is 12.2. The van der Waals surface area contributed by atoms with Gasteiger partial charge in [-0.2, -0.15) is 0 Å². The molecule has 25 heavy (non-hydrogen) atoms. The molecule has 0 saturated heterocycles. The zero-order valence-electron chi connectivity index (χ0n) is 16.2. The van der Waals surface area contributed by atoms with Gasteiger partial charge in [-0.25, -0.2) is 4.39 Å². The first-order valence-electron chi connectivity index (χ1n) is 9.39. The van der Waals surface area contributed by atoms with Gasteiger partial charge in [0.25, 0.3) is 0 Å². The monoisotopic (exact) mass is 378 g/mol. The summed E-state index contributed by atoms with van der Waals surface area (Å²) in [5, 5.41) is 0. The second kappa shape index (κ2) is 12.4. The Morgan fingerprint density at radius 1 is 0.800 bits per heavy atom. The Bertz CT molecular complexity index is 621. The maximum Gasteiger partial charge on any atom is 0.123 e. The summed E-state index contributed by atoms with van der Waals surface area (Å²) in [6.07, 6.45) is 4.62. The first kappa shape index (κ1) is 22.1. The third-order valence-corrected chi connectivity index (χ3v) is 5.78. The van der Waals surface area contributed by atoms with Crippen molar-refractivity contribution in [3.05, 3.63) is 53.3 Å². The van der Waals surface area contributed by atoms with Crippen LogP contribution < -0.4 is 0 Å². The highest BCUT2D eigenvalue weighted by Gasteiger charge is 2.11. The quantitative estimate of drug-likeness (QED) is 0.426. The van der Waals surface area contributed by atoms with E-state index in [1.165, 1.54) is 39.5 Å². The van der Waals surface area contributed by atoms with E-state index in [1.807, 2.05) is 37.7 Å². The van der Waals surface area contributed by atoms with E-state index >= 15 is 0 Å². The van der Waals surface area contributed by atoms with E-state index in [4.69, 9.17) is 0 Å². The average Bonchev–Trinajstić information content (AvgIpc) is 2.62. The van der Waals surface area contributed by atoms with E-state index in [1.54, 1.807) is 11.8 Å². The highest BCUT2D eigenvalue weighted by molar-refractivity contribution is 8.02. The molecule has 2 aromatic rings. The van der Waals surface area contributed by atoms with E-state index in [0.29, 0.717) is 0 Å². The van der Waals surface area contributed by atoms with E-state index in [9.17, 15) is 4.39 Å². The van der Waals surface area contributed by atoms with Crippen LogP contribution in [0.25, 0.3) is 0 Å². The van der Waals surface area contributed by atoms with Gasteiger partial charge in [0.2, 0.25) is 0 Å². The smallest absolute Gasteiger partial charge is 0.123 e. The fraction of sp³-hybridized carbons (Fsp3) is 0.455. The fourth-order valence-corrected chi connectivity index (χ4v) is 4.55. The number of aryl methyl sites for hydroxylation is 2. The highest BCUT2D eigenvalue weighted by Crippen LogP contribution is 2.38. The largest absolute Gasteiger partial charge is 0.207 e. The van der Waals surface area contributed by atoms with Crippen LogP contribution in [0.3, 0.4) is 0 Å². The number of hydrogen-bond acceptors (Lipinski definition) is 2. The third kappa shape index (κ3) is 7.07. The summed E-state index contributed by atoms with van der Waals surface area (Å²) in [7, 11) is 0. The van der Waals surface area contributed by atoms with Crippen molar-refractivity contribution in [2.45, 2.75) is 75.0 Å². The van der Waals surface area contributed by atoms with Crippen molar-refractivity contribution in [1.29, 1.82) is 0 Å². The second-order valence-corrected chi connectivity index (χ2v) is 7.98. The van der Waals surface area contributed by atoms with Crippen LogP contribution in [-0.2, 0) is 12.8 Å². The Labute approximate surface area is 162 Å². The summed E-state index contributed by atoms with van der Waals surface area (Å²) in [5.74, 6) is 0.887. The molecule has 0 unspecified atom stereocenters. The van der Waals surface area contributed by atoms with Crippen LogP contribution in [-0.4, -0.2) is 5.75 Å². The molecule has 0 heterocycles. The second-order valence-electron chi connectivity index (χ2n) is 5.56. The molecule has 0 atom stereocenters. The lowest BCUT2D eigenvalue weighted by Crippen LogP contribution is -1.96. The van der Waals surface area contributed by atoms with Crippen molar-refractivity contribution >= 4 is 23.5 Å². The van der Waals surface area contributed by atoms with Gasteiger partial charge in [-0.05, 0) is 66.1 Å². The molecule has 0 aliphatic carbocycles. The molecule has 0 amide bonds. The molecule has 0 aromatic heterocycles. The van der Waals surface area contributed by atoms with E-state index < -0.39 is 0 Å². The van der Waals surface area contributed by atoms with Crippen molar-refractivity contribution in [3.63, 3.8) is 0 Å². The molecular formula is C22H31FS2. The molecule has 0 N–H and O–H groups in total. The highest BCUT2D eigenvalue weighted by atomic mass is 32.2. The molecular weight excluding hydrogens is 347 g/mol. The van der Waals surface area contributed by atoms with Gasteiger partial charge in [-0.15, -0.1) is 11.8 Å². The van der Waals surface area contributed by atoms with Crippen LogP contribution in [0, 0.1) is 5.82 Å². The van der Waals surface area contributed by atoms with Gasteiger partial charge in [0.15, 0.2) is 0 Å². The minimum Gasteiger partial charge on any atom is -0.207 e. The number of rotatable bonds is 8.